The Morgan fingerprint density at radius 1 is 1.54 bits per heavy atom. The van der Waals surface area contributed by atoms with Gasteiger partial charge in [-0.3, -0.25) is 9.59 Å². The minimum Gasteiger partial charge on any atom is -0.453 e. The van der Waals surface area contributed by atoms with Crippen LogP contribution in [-0.2, 0) is 14.3 Å². The quantitative estimate of drug-likeness (QED) is 0.631. The van der Waals surface area contributed by atoms with Crippen molar-refractivity contribution in [1.29, 1.82) is 0 Å². The van der Waals surface area contributed by atoms with Gasteiger partial charge in [-0.15, -0.1) is 0 Å². The van der Waals surface area contributed by atoms with Crippen LogP contribution in [0.2, 0.25) is 0 Å². The van der Waals surface area contributed by atoms with Crippen molar-refractivity contribution in [3.8, 4) is 0 Å². The maximum Gasteiger partial charge on any atom is 0.323 e. The average molecular weight is 186 g/mol. The lowest BCUT2D eigenvalue weighted by atomic mass is 10.0. The fourth-order valence-electron chi connectivity index (χ4n) is 0.763. The molecule has 2 N–H and O–H groups in total. The molecule has 0 saturated heterocycles. The molecule has 0 bridgehead atoms. The largest absolute Gasteiger partial charge is 0.453 e. The molecule has 0 amide bonds. The van der Waals surface area contributed by atoms with Crippen LogP contribution in [0.5, 0.6) is 0 Å². The summed E-state index contributed by atoms with van der Waals surface area (Å²) in [5, 5.41) is 0. The Bertz CT molecular complexity index is 182. The molecule has 0 heterocycles. The fourth-order valence-corrected chi connectivity index (χ4v) is 0.763. The van der Waals surface area contributed by atoms with E-state index in [0.717, 1.165) is 6.42 Å². The molecule has 0 aromatic rings. The second-order valence-electron chi connectivity index (χ2n) is 3.11. The van der Waals surface area contributed by atoms with Gasteiger partial charge in [-0.1, -0.05) is 20.3 Å². The molecule has 75 valence electrons. The molecule has 4 heteroatoms. The molecule has 0 rings (SSSR count). The van der Waals surface area contributed by atoms with E-state index in [1.165, 1.54) is 6.92 Å². The molecule has 0 saturated carbocycles. The summed E-state index contributed by atoms with van der Waals surface area (Å²) in [6.07, 6.45) is 1.53. The predicted molar refractivity (Wildman–Crippen MR) is 48.7 cm³/mol. The number of rotatable bonds is 5. The van der Waals surface area contributed by atoms with Gasteiger partial charge in [-0.25, -0.2) is 0 Å². The Labute approximate surface area is 78.4 Å². The first-order valence-corrected chi connectivity index (χ1v) is 4.36. The molecule has 0 aromatic heterocycles. The van der Waals surface area contributed by atoms with E-state index >= 15 is 0 Å². The second kappa shape index (κ2) is 5.70. The standard InChI is InChI=1S/C9H16NO3/c1-4-6(2)8(10)9(12)13-7(3)5-11/h6-8H,4,10H2,1-3H3/t6-,7?,8-/m0/s1. The number of esters is 1. The molecule has 0 aromatic carbocycles. The Kier molecular flexibility index (Phi) is 5.30. The Morgan fingerprint density at radius 3 is 2.46 bits per heavy atom. The van der Waals surface area contributed by atoms with E-state index in [1.807, 2.05) is 13.8 Å². The number of carbonyl (C=O) groups excluding carboxylic acids is 2. The first kappa shape index (κ1) is 12.1. The highest BCUT2D eigenvalue weighted by Crippen LogP contribution is 2.07. The zero-order chi connectivity index (χ0) is 10.4. The SMILES string of the molecule is CC[C@H](C)[C@H](N)C(=O)OC(C)[C]=O. The predicted octanol–water partition coefficient (Wildman–Crippen LogP) is 0.401. The van der Waals surface area contributed by atoms with Gasteiger partial charge in [0, 0.05) is 0 Å². The third-order valence-corrected chi connectivity index (χ3v) is 1.99. The molecule has 0 aliphatic heterocycles. The minimum atomic E-state index is -0.831. The van der Waals surface area contributed by atoms with E-state index in [0.29, 0.717) is 0 Å². The van der Waals surface area contributed by atoms with Crippen LogP contribution in [-0.4, -0.2) is 24.4 Å². The number of hydrogen-bond donors (Lipinski definition) is 1. The second-order valence-corrected chi connectivity index (χ2v) is 3.11. The van der Waals surface area contributed by atoms with Crippen molar-refractivity contribution in [2.75, 3.05) is 0 Å². The number of carbonyl (C=O) groups is 1. The summed E-state index contributed by atoms with van der Waals surface area (Å²) in [6, 6.07) is -0.652. The van der Waals surface area contributed by atoms with Crippen molar-refractivity contribution in [2.24, 2.45) is 11.7 Å². The normalized spacial score (nSPS) is 17.2. The zero-order valence-electron chi connectivity index (χ0n) is 8.24. The van der Waals surface area contributed by atoms with E-state index < -0.39 is 18.1 Å². The smallest absolute Gasteiger partial charge is 0.323 e. The van der Waals surface area contributed by atoms with Crippen LogP contribution < -0.4 is 5.73 Å². The van der Waals surface area contributed by atoms with Gasteiger partial charge in [0.1, 0.15) is 6.04 Å². The first-order valence-electron chi connectivity index (χ1n) is 4.36. The van der Waals surface area contributed by atoms with E-state index in [-0.39, 0.29) is 5.92 Å². The van der Waals surface area contributed by atoms with Crippen molar-refractivity contribution in [3.05, 3.63) is 0 Å². The molecular weight excluding hydrogens is 170 g/mol. The van der Waals surface area contributed by atoms with Gasteiger partial charge in [0.05, 0.1) is 0 Å². The summed E-state index contributed by atoms with van der Waals surface area (Å²) in [5.74, 6) is -0.475. The lowest BCUT2D eigenvalue weighted by Gasteiger charge is -2.17. The molecule has 0 fully saturated rings. The van der Waals surface area contributed by atoms with Crippen LogP contribution in [0.3, 0.4) is 0 Å². The van der Waals surface area contributed by atoms with Gasteiger partial charge >= 0.3 is 5.97 Å². The van der Waals surface area contributed by atoms with E-state index in [9.17, 15) is 9.59 Å². The summed E-state index contributed by atoms with van der Waals surface area (Å²) in [6.45, 7) is 5.25. The van der Waals surface area contributed by atoms with Gasteiger partial charge in [-0.05, 0) is 12.8 Å². The number of nitrogens with two attached hydrogens (primary N) is 1. The molecular formula is C9H16NO3. The van der Waals surface area contributed by atoms with Crippen LogP contribution >= 0.6 is 0 Å². The molecule has 3 atom stereocenters. The van der Waals surface area contributed by atoms with Crippen molar-refractivity contribution in [3.63, 3.8) is 0 Å². The van der Waals surface area contributed by atoms with E-state index in [1.54, 1.807) is 6.29 Å². The third kappa shape index (κ3) is 4.03. The van der Waals surface area contributed by atoms with Crippen LogP contribution in [0, 0.1) is 5.92 Å². The molecule has 1 unspecified atom stereocenters. The van der Waals surface area contributed by atoms with Gasteiger partial charge in [-0.2, -0.15) is 0 Å². The first-order chi connectivity index (χ1) is 6.02. The molecule has 0 aliphatic carbocycles. The highest BCUT2D eigenvalue weighted by molar-refractivity contribution is 5.77. The van der Waals surface area contributed by atoms with E-state index in [4.69, 9.17) is 10.5 Å². The zero-order valence-corrected chi connectivity index (χ0v) is 8.24. The van der Waals surface area contributed by atoms with Gasteiger partial charge in [0.15, 0.2) is 6.10 Å². The summed E-state index contributed by atoms with van der Waals surface area (Å²) in [5.41, 5.74) is 5.57. The van der Waals surface area contributed by atoms with Crippen molar-refractivity contribution in [1.82, 2.24) is 0 Å². The Balaban J connectivity index is 4.03. The van der Waals surface area contributed by atoms with Crippen molar-refractivity contribution >= 4 is 12.3 Å². The maximum atomic E-state index is 11.2. The topological polar surface area (TPSA) is 69.4 Å². The summed E-state index contributed by atoms with van der Waals surface area (Å²) in [7, 11) is 0. The minimum absolute atomic E-state index is 0.0614. The average Bonchev–Trinajstić information content (AvgIpc) is 2.14. The molecule has 13 heavy (non-hydrogen) atoms. The van der Waals surface area contributed by atoms with Crippen molar-refractivity contribution in [2.45, 2.75) is 39.3 Å². The molecule has 4 nitrogen and oxygen atoms in total. The van der Waals surface area contributed by atoms with Crippen LogP contribution in [0.1, 0.15) is 27.2 Å². The van der Waals surface area contributed by atoms with Crippen molar-refractivity contribution < 1.29 is 14.3 Å². The fraction of sp³-hybridized carbons (Fsp3) is 0.778. The monoisotopic (exact) mass is 186 g/mol. The van der Waals surface area contributed by atoms with Gasteiger partial charge < -0.3 is 10.5 Å². The molecule has 1 radical (unpaired) electrons. The molecule has 0 spiro atoms. The lowest BCUT2D eigenvalue weighted by Crippen LogP contribution is -2.39. The highest BCUT2D eigenvalue weighted by Gasteiger charge is 2.22. The summed E-state index contributed by atoms with van der Waals surface area (Å²) < 4.78 is 4.70. The lowest BCUT2D eigenvalue weighted by molar-refractivity contribution is -0.148. The third-order valence-electron chi connectivity index (χ3n) is 1.99. The highest BCUT2D eigenvalue weighted by atomic mass is 16.5. The van der Waals surface area contributed by atoms with Gasteiger partial charge in [0.2, 0.25) is 6.29 Å². The van der Waals surface area contributed by atoms with Crippen LogP contribution in [0.25, 0.3) is 0 Å². The Hall–Kier alpha value is -0.900. The van der Waals surface area contributed by atoms with Crippen LogP contribution in [0.4, 0.5) is 0 Å². The number of hydrogen-bond acceptors (Lipinski definition) is 4. The van der Waals surface area contributed by atoms with E-state index in [2.05, 4.69) is 0 Å². The molecule has 0 aliphatic rings. The number of ether oxygens (including phenoxy) is 1. The van der Waals surface area contributed by atoms with Gasteiger partial charge in [0.25, 0.3) is 0 Å². The van der Waals surface area contributed by atoms with Crippen LogP contribution in [0.15, 0.2) is 0 Å². The summed E-state index contributed by atoms with van der Waals surface area (Å²) >= 11 is 0. The Morgan fingerprint density at radius 2 is 2.08 bits per heavy atom. The summed E-state index contributed by atoms with van der Waals surface area (Å²) in [4.78, 5) is 21.2. The maximum absolute atomic E-state index is 11.2.